The normalized spacial score (nSPS) is 10.6. The summed E-state index contributed by atoms with van der Waals surface area (Å²) in [4.78, 5) is 18.0. The van der Waals surface area contributed by atoms with Crippen molar-refractivity contribution in [3.63, 3.8) is 0 Å². The van der Waals surface area contributed by atoms with Gasteiger partial charge in [-0.15, -0.1) is 0 Å². The van der Waals surface area contributed by atoms with E-state index >= 15 is 0 Å². The number of rotatable bonds is 6. The molecule has 0 aliphatic rings. The van der Waals surface area contributed by atoms with Gasteiger partial charge in [0.05, 0.1) is 36.2 Å². The van der Waals surface area contributed by atoms with Crippen LogP contribution in [0.15, 0.2) is 78.9 Å². The monoisotopic (exact) mass is 398 g/mol. The molecule has 0 fully saturated rings. The van der Waals surface area contributed by atoms with Crippen LogP contribution in [0.5, 0.6) is 11.5 Å². The van der Waals surface area contributed by atoms with E-state index in [1.54, 1.807) is 7.11 Å². The number of pyridine rings is 1. The fourth-order valence-electron chi connectivity index (χ4n) is 3.34. The van der Waals surface area contributed by atoms with Gasteiger partial charge in [0.25, 0.3) is 5.91 Å². The van der Waals surface area contributed by atoms with Crippen LogP contribution in [0.3, 0.4) is 0 Å². The first kappa shape index (κ1) is 19.5. The number of benzene rings is 3. The third kappa shape index (κ3) is 3.96. The Bertz CT molecular complexity index is 1190. The summed E-state index contributed by atoms with van der Waals surface area (Å²) in [6.07, 6.45) is 0. The van der Waals surface area contributed by atoms with Gasteiger partial charge in [0.2, 0.25) is 0 Å². The molecule has 1 heterocycles. The van der Waals surface area contributed by atoms with E-state index in [-0.39, 0.29) is 5.91 Å². The zero-order chi connectivity index (χ0) is 20.9. The summed E-state index contributed by atoms with van der Waals surface area (Å²) in [5.74, 6) is 1.19. The number of amides is 1. The van der Waals surface area contributed by atoms with Crippen LogP contribution in [-0.2, 0) is 0 Å². The van der Waals surface area contributed by atoms with Gasteiger partial charge >= 0.3 is 0 Å². The number of nitrogens with one attached hydrogen (secondary N) is 1. The van der Waals surface area contributed by atoms with Crippen LogP contribution in [0.2, 0.25) is 0 Å². The molecule has 1 N–H and O–H groups in total. The molecule has 0 atom stereocenters. The van der Waals surface area contributed by atoms with E-state index in [0.717, 1.165) is 27.9 Å². The molecule has 0 radical (unpaired) electrons. The lowest BCUT2D eigenvalue weighted by molar-refractivity contribution is 0.102. The maximum absolute atomic E-state index is 13.2. The van der Waals surface area contributed by atoms with Gasteiger partial charge in [0, 0.05) is 10.9 Å². The predicted octanol–water partition coefficient (Wildman–Crippen LogP) is 5.56. The van der Waals surface area contributed by atoms with E-state index in [4.69, 9.17) is 14.5 Å². The van der Waals surface area contributed by atoms with Crippen molar-refractivity contribution >= 4 is 22.5 Å². The molecular formula is C25H22N2O3. The summed E-state index contributed by atoms with van der Waals surface area (Å²) in [6.45, 7) is 2.56. The lowest BCUT2D eigenvalue weighted by Crippen LogP contribution is -2.13. The largest absolute Gasteiger partial charge is 0.495 e. The standard InChI is InChI=1S/C25H22N2O3/c1-3-30-18-14-12-17(13-15-18)23-16-20(19-8-4-5-9-21(19)26-23)25(28)27-22-10-6-7-11-24(22)29-2/h4-16H,3H2,1-2H3,(H,27,28). The number of fused-ring (bicyclic) bond motifs is 1. The van der Waals surface area contributed by atoms with Crippen LogP contribution in [0.25, 0.3) is 22.2 Å². The molecule has 4 rings (SSSR count). The first-order chi connectivity index (χ1) is 14.7. The minimum atomic E-state index is -0.217. The predicted molar refractivity (Wildman–Crippen MR) is 119 cm³/mol. The SMILES string of the molecule is CCOc1ccc(-c2cc(C(=O)Nc3ccccc3OC)c3ccccc3n2)cc1. The second-order valence-corrected chi connectivity index (χ2v) is 6.68. The Balaban J connectivity index is 1.76. The fourth-order valence-corrected chi connectivity index (χ4v) is 3.34. The van der Waals surface area contributed by atoms with Gasteiger partial charge in [-0.05, 0) is 55.5 Å². The van der Waals surface area contributed by atoms with Crippen LogP contribution >= 0.6 is 0 Å². The summed E-state index contributed by atoms with van der Waals surface area (Å²) in [5, 5.41) is 3.75. The molecule has 1 amide bonds. The molecule has 0 spiro atoms. The third-order valence-electron chi connectivity index (χ3n) is 4.78. The number of hydrogen-bond donors (Lipinski definition) is 1. The molecule has 5 heteroatoms. The molecule has 0 saturated heterocycles. The maximum Gasteiger partial charge on any atom is 0.256 e. The highest BCUT2D eigenvalue weighted by molar-refractivity contribution is 6.13. The summed E-state index contributed by atoms with van der Waals surface area (Å²) >= 11 is 0. The van der Waals surface area contributed by atoms with Gasteiger partial charge in [-0.25, -0.2) is 4.98 Å². The maximum atomic E-state index is 13.2. The minimum absolute atomic E-state index is 0.217. The van der Waals surface area contributed by atoms with Crippen LogP contribution in [0, 0.1) is 0 Å². The molecule has 0 saturated carbocycles. The number of nitrogens with zero attached hydrogens (tertiary/aromatic N) is 1. The molecule has 3 aromatic carbocycles. The molecule has 0 aliphatic carbocycles. The van der Waals surface area contributed by atoms with Crippen LogP contribution in [-0.4, -0.2) is 24.6 Å². The Hall–Kier alpha value is -3.86. The van der Waals surface area contributed by atoms with Crippen molar-refractivity contribution < 1.29 is 14.3 Å². The molecule has 150 valence electrons. The zero-order valence-electron chi connectivity index (χ0n) is 16.9. The molecular weight excluding hydrogens is 376 g/mol. The minimum Gasteiger partial charge on any atom is -0.495 e. The number of anilines is 1. The van der Waals surface area contributed by atoms with Gasteiger partial charge < -0.3 is 14.8 Å². The summed E-state index contributed by atoms with van der Waals surface area (Å²) < 4.78 is 10.9. The van der Waals surface area contributed by atoms with Crippen LogP contribution in [0.1, 0.15) is 17.3 Å². The Morgan fingerprint density at radius 2 is 1.70 bits per heavy atom. The van der Waals surface area contributed by atoms with Gasteiger partial charge in [-0.3, -0.25) is 4.79 Å². The van der Waals surface area contributed by atoms with Crippen molar-refractivity contribution in [1.29, 1.82) is 0 Å². The number of carbonyl (C=O) groups is 1. The topological polar surface area (TPSA) is 60.5 Å². The third-order valence-corrected chi connectivity index (χ3v) is 4.78. The highest BCUT2D eigenvalue weighted by Gasteiger charge is 2.15. The zero-order valence-corrected chi connectivity index (χ0v) is 16.9. The second-order valence-electron chi connectivity index (χ2n) is 6.68. The quantitative estimate of drug-likeness (QED) is 0.462. The number of ether oxygens (including phenoxy) is 2. The molecule has 0 aliphatic heterocycles. The Labute approximate surface area is 175 Å². The van der Waals surface area contributed by atoms with Crippen molar-refractivity contribution in [3.05, 3.63) is 84.4 Å². The molecule has 5 nitrogen and oxygen atoms in total. The first-order valence-corrected chi connectivity index (χ1v) is 9.77. The average molecular weight is 398 g/mol. The first-order valence-electron chi connectivity index (χ1n) is 9.77. The van der Waals surface area contributed by atoms with Gasteiger partial charge in [-0.2, -0.15) is 0 Å². The number of carbonyl (C=O) groups excluding carboxylic acids is 1. The number of methoxy groups -OCH3 is 1. The molecule has 1 aromatic heterocycles. The van der Waals surface area contributed by atoms with Crippen LogP contribution < -0.4 is 14.8 Å². The highest BCUT2D eigenvalue weighted by atomic mass is 16.5. The van der Waals surface area contributed by atoms with E-state index in [0.29, 0.717) is 23.6 Å². The van der Waals surface area contributed by atoms with Crippen LogP contribution in [0.4, 0.5) is 5.69 Å². The van der Waals surface area contributed by atoms with E-state index in [1.165, 1.54) is 0 Å². The molecule has 4 aromatic rings. The summed E-state index contributed by atoms with van der Waals surface area (Å²) in [5.41, 5.74) is 3.57. The number of hydrogen-bond acceptors (Lipinski definition) is 4. The van der Waals surface area contributed by atoms with Crippen molar-refractivity contribution in [2.45, 2.75) is 6.92 Å². The van der Waals surface area contributed by atoms with Crippen molar-refractivity contribution in [3.8, 4) is 22.8 Å². The van der Waals surface area contributed by atoms with Gasteiger partial charge in [0.1, 0.15) is 11.5 Å². The lowest BCUT2D eigenvalue weighted by atomic mass is 10.0. The van der Waals surface area contributed by atoms with Crippen molar-refractivity contribution in [2.24, 2.45) is 0 Å². The van der Waals surface area contributed by atoms with E-state index < -0.39 is 0 Å². The van der Waals surface area contributed by atoms with E-state index in [9.17, 15) is 4.79 Å². The lowest BCUT2D eigenvalue weighted by Gasteiger charge is -2.13. The molecule has 0 unspecified atom stereocenters. The highest BCUT2D eigenvalue weighted by Crippen LogP contribution is 2.28. The summed E-state index contributed by atoms with van der Waals surface area (Å²) in [6, 6.07) is 24.5. The Morgan fingerprint density at radius 3 is 2.47 bits per heavy atom. The van der Waals surface area contributed by atoms with Crippen molar-refractivity contribution in [1.82, 2.24) is 4.98 Å². The Kier molecular flexibility index (Phi) is 5.61. The fraction of sp³-hybridized carbons (Fsp3) is 0.120. The Morgan fingerprint density at radius 1 is 0.967 bits per heavy atom. The smallest absolute Gasteiger partial charge is 0.256 e. The van der Waals surface area contributed by atoms with Crippen molar-refractivity contribution in [2.75, 3.05) is 19.0 Å². The van der Waals surface area contributed by atoms with Gasteiger partial charge in [-0.1, -0.05) is 30.3 Å². The van der Waals surface area contributed by atoms with E-state index in [2.05, 4.69) is 5.32 Å². The average Bonchev–Trinajstić information content (AvgIpc) is 2.79. The van der Waals surface area contributed by atoms with Gasteiger partial charge in [0.15, 0.2) is 0 Å². The number of para-hydroxylation sites is 3. The number of aromatic nitrogens is 1. The molecule has 0 bridgehead atoms. The molecule has 30 heavy (non-hydrogen) atoms. The second kappa shape index (κ2) is 8.66. The summed E-state index contributed by atoms with van der Waals surface area (Å²) in [7, 11) is 1.58. The van der Waals surface area contributed by atoms with E-state index in [1.807, 2.05) is 85.8 Å².